The van der Waals surface area contributed by atoms with Crippen molar-refractivity contribution >= 4 is 20.9 Å². The van der Waals surface area contributed by atoms with Gasteiger partial charge in [0.1, 0.15) is 11.5 Å². The summed E-state index contributed by atoms with van der Waals surface area (Å²) in [6.07, 6.45) is -1.56. The van der Waals surface area contributed by atoms with Crippen molar-refractivity contribution < 1.29 is 26.0 Å². The highest BCUT2D eigenvalue weighted by atomic mass is 32.2. The van der Waals surface area contributed by atoms with E-state index in [2.05, 4.69) is 9.71 Å². The number of sulfonamides is 1. The van der Waals surface area contributed by atoms with E-state index in [-0.39, 0.29) is 10.6 Å². The normalized spacial score (nSPS) is 12.4. The Bertz CT molecular complexity index is 1380. The highest BCUT2D eigenvalue weighted by Crippen LogP contribution is 2.35. The van der Waals surface area contributed by atoms with Crippen LogP contribution in [0.2, 0.25) is 0 Å². The molecule has 0 saturated heterocycles. The molecule has 2 aromatic heterocycles. The van der Waals surface area contributed by atoms with Crippen LogP contribution in [-0.4, -0.2) is 25.0 Å². The van der Waals surface area contributed by atoms with Gasteiger partial charge in [0, 0.05) is 29.0 Å². The molecule has 31 heavy (non-hydrogen) atoms. The summed E-state index contributed by atoms with van der Waals surface area (Å²) in [6, 6.07) is 11.4. The van der Waals surface area contributed by atoms with Crippen molar-refractivity contribution in [3.8, 4) is 16.9 Å². The van der Waals surface area contributed by atoms with Crippen LogP contribution in [0.5, 0.6) is 0 Å². The smallest absolute Gasteiger partial charge is 0.316 e. The van der Waals surface area contributed by atoms with Crippen molar-refractivity contribution in [1.82, 2.24) is 14.3 Å². The second-order valence-corrected chi connectivity index (χ2v) is 8.56. The Balaban J connectivity index is 1.98. The Morgan fingerprint density at radius 3 is 2.35 bits per heavy atom. The van der Waals surface area contributed by atoms with Gasteiger partial charge in [-0.3, -0.25) is 4.98 Å². The number of aromatic nitrogens is 2. The number of hydrogen-bond donors (Lipinski definition) is 1. The first-order chi connectivity index (χ1) is 14.6. The molecule has 4 aromatic rings. The summed E-state index contributed by atoms with van der Waals surface area (Å²) >= 11 is 0. The lowest BCUT2D eigenvalue weighted by Crippen LogP contribution is -2.18. The minimum atomic E-state index is -4.48. The van der Waals surface area contributed by atoms with Gasteiger partial charge in [-0.05, 0) is 61.6 Å². The molecule has 4 rings (SSSR count). The molecule has 5 nitrogen and oxygen atoms in total. The quantitative estimate of drug-likeness (QED) is 0.457. The third-order valence-corrected chi connectivity index (χ3v) is 6.25. The molecule has 0 aliphatic rings. The zero-order valence-corrected chi connectivity index (χ0v) is 16.8. The number of pyridine rings is 1. The van der Waals surface area contributed by atoms with Crippen LogP contribution in [0.1, 0.15) is 5.56 Å². The van der Waals surface area contributed by atoms with Crippen LogP contribution in [0.4, 0.5) is 17.6 Å². The summed E-state index contributed by atoms with van der Waals surface area (Å²) in [7, 11) is -2.50. The van der Waals surface area contributed by atoms with E-state index in [1.165, 1.54) is 61.9 Å². The molecule has 0 radical (unpaired) electrons. The predicted octanol–water partition coefficient (Wildman–Crippen LogP) is 4.76. The van der Waals surface area contributed by atoms with Crippen LogP contribution < -0.4 is 4.72 Å². The SMILES string of the molecule is CNS(=O)(=O)c1ccc2c(c1)c(-c1ncccc1F)cn2-c1ccc(C(F)(F)F)cc1. The van der Waals surface area contributed by atoms with Crippen LogP contribution in [-0.2, 0) is 16.2 Å². The fourth-order valence-corrected chi connectivity index (χ4v) is 4.05. The molecule has 0 saturated carbocycles. The van der Waals surface area contributed by atoms with Gasteiger partial charge in [-0.25, -0.2) is 17.5 Å². The van der Waals surface area contributed by atoms with Gasteiger partial charge in [-0.1, -0.05) is 0 Å². The van der Waals surface area contributed by atoms with Gasteiger partial charge in [0.15, 0.2) is 0 Å². The summed E-state index contributed by atoms with van der Waals surface area (Å²) in [5.41, 5.74) is 0.379. The van der Waals surface area contributed by atoms with E-state index in [0.717, 1.165) is 12.1 Å². The second kappa shape index (κ2) is 7.47. The van der Waals surface area contributed by atoms with E-state index in [0.29, 0.717) is 22.2 Å². The summed E-state index contributed by atoms with van der Waals surface area (Å²) in [5, 5.41) is 0.383. The molecule has 0 spiro atoms. The largest absolute Gasteiger partial charge is 0.416 e. The fourth-order valence-electron chi connectivity index (χ4n) is 3.29. The van der Waals surface area contributed by atoms with Gasteiger partial charge >= 0.3 is 6.18 Å². The lowest BCUT2D eigenvalue weighted by atomic mass is 10.1. The summed E-state index contributed by atoms with van der Waals surface area (Å²) in [6.45, 7) is 0. The van der Waals surface area contributed by atoms with Crippen LogP contribution in [0.25, 0.3) is 27.8 Å². The van der Waals surface area contributed by atoms with E-state index in [9.17, 15) is 26.0 Å². The monoisotopic (exact) mass is 449 g/mol. The van der Waals surface area contributed by atoms with Gasteiger partial charge < -0.3 is 4.57 Å². The van der Waals surface area contributed by atoms with Crippen molar-refractivity contribution in [2.24, 2.45) is 0 Å². The fraction of sp³-hybridized carbons (Fsp3) is 0.0952. The molecule has 0 aliphatic carbocycles. The molecular weight excluding hydrogens is 434 g/mol. The average Bonchev–Trinajstić information content (AvgIpc) is 3.12. The van der Waals surface area contributed by atoms with Crippen molar-refractivity contribution in [2.75, 3.05) is 7.05 Å². The lowest BCUT2D eigenvalue weighted by Gasteiger charge is -2.09. The number of hydrogen-bond acceptors (Lipinski definition) is 3. The zero-order chi connectivity index (χ0) is 22.4. The molecule has 0 atom stereocenters. The second-order valence-electron chi connectivity index (χ2n) is 6.68. The molecule has 10 heteroatoms. The topological polar surface area (TPSA) is 64.0 Å². The van der Waals surface area contributed by atoms with Crippen molar-refractivity contribution in [3.05, 3.63) is 78.4 Å². The molecule has 0 amide bonds. The third kappa shape index (κ3) is 3.79. The summed E-state index contributed by atoms with van der Waals surface area (Å²) in [5.74, 6) is -0.615. The molecule has 160 valence electrons. The maximum atomic E-state index is 14.5. The van der Waals surface area contributed by atoms with Gasteiger partial charge in [0.25, 0.3) is 0 Å². The first kappa shape index (κ1) is 21.0. The Hall–Kier alpha value is -3.24. The number of halogens is 4. The van der Waals surface area contributed by atoms with Crippen molar-refractivity contribution in [3.63, 3.8) is 0 Å². The first-order valence-corrected chi connectivity index (χ1v) is 10.5. The van der Waals surface area contributed by atoms with E-state index in [1.807, 2.05) is 0 Å². The highest BCUT2D eigenvalue weighted by Gasteiger charge is 2.30. The van der Waals surface area contributed by atoms with E-state index < -0.39 is 27.6 Å². The predicted molar refractivity (Wildman–Crippen MR) is 108 cm³/mol. The number of alkyl halides is 3. The molecule has 0 fully saturated rings. The molecule has 2 aromatic carbocycles. The molecule has 0 unspecified atom stereocenters. The first-order valence-electron chi connectivity index (χ1n) is 8.99. The number of rotatable bonds is 4. The minimum absolute atomic E-state index is 0.00262. The van der Waals surface area contributed by atoms with Crippen molar-refractivity contribution in [2.45, 2.75) is 11.1 Å². The number of benzene rings is 2. The van der Waals surface area contributed by atoms with Crippen LogP contribution >= 0.6 is 0 Å². The zero-order valence-electron chi connectivity index (χ0n) is 16.0. The summed E-state index contributed by atoms with van der Waals surface area (Å²) < 4.78 is 81.5. The Kier molecular flexibility index (Phi) is 5.06. The van der Waals surface area contributed by atoms with E-state index >= 15 is 0 Å². The highest BCUT2D eigenvalue weighted by molar-refractivity contribution is 7.89. The molecule has 0 bridgehead atoms. The third-order valence-electron chi connectivity index (χ3n) is 4.84. The van der Waals surface area contributed by atoms with Crippen LogP contribution in [0, 0.1) is 5.82 Å². The van der Waals surface area contributed by atoms with Crippen LogP contribution in [0.3, 0.4) is 0 Å². The number of nitrogens with zero attached hydrogens (tertiary/aromatic N) is 2. The molecule has 0 aliphatic heterocycles. The standard InChI is InChI=1S/C21H15F4N3O2S/c1-26-31(29,30)15-8-9-19-16(11-15)17(20-18(22)3-2-10-27-20)12-28(19)14-6-4-13(5-7-14)21(23,24)25/h2-12,26H,1H3. The molecule has 1 N–H and O–H groups in total. The lowest BCUT2D eigenvalue weighted by molar-refractivity contribution is -0.137. The molecule has 2 heterocycles. The van der Waals surface area contributed by atoms with Crippen molar-refractivity contribution in [1.29, 1.82) is 0 Å². The summed E-state index contributed by atoms with van der Waals surface area (Å²) in [4.78, 5) is 4.03. The maximum absolute atomic E-state index is 14.5. The van der Waals surface area contributed by atoms with Gasteiger partial charge in [0.2, 0.25) is 10.0 Å². The molecular formula is C21H15F4N3O2S. The average molecular weight is 449 g/mol. The minimum Gasteiger partial charge on any atom is -0.316 e. The van der Waals surface area contributed by atoms with E-state index in [4.69, 9.17) is 0 Å². The Labute approximate surface area is 175 Å². The number of nitrogens with one attached hydrogen (secondary N) is 1. The van der Waals surface area contributed by atoms with Gasteiger partial charge in [-0.2, -0.15) is 13.2 Å². The van der Waals surface area contributed by atoms with E-state index in [1.54, 1.807) is 4.57 Å². The Morgan fingerprint density at radius 1 is 1.03 bits per heavy atom. The van der Waals surface area contributed by atoms with Gasteiger partial charge in [0.05, 0.1) is 16.0 Å². The Morgan fingerprint density at radius 2 is 1.74 bits per heavy atom. The van der Waals surface area contributed by atoms with Gasteiger partial charge in [-0.15, -0.1) is 0 Å². The van der Waals surface area contributed by atoms with Crippen LogP contribution in [0.15, 0.2) is 71.9 Å². The maximum Gasteiger partial charge on any atom is 0.416 e. The number of fused-ring (bicyclic) bond motifs is 1.